The van der Waals surface area contributed by atoms with Gasteiger partial charge < -0.3 is 15.5 Å². The molecule has 116 valence electrons. The van der Waals surface area contributed by atoms with Gasteiger partial charge >= 0.3 is 0 Å². The molecule has 2 aromatic carbocycles. The molecule has 0 fully saturated rings. The predicted octanol–water partition coefficient (Wildman–Crippen LogP) is 2.79. The minimum absolute atomic E-state index is 0.0164. The Bertz CT molecular complexity index is 603. The first-order valence-electron chi connectivity index (χ1n) is 7.38. The molecule has 2 aromatic rings. The molecule has 0 aliphatic carbocycles. The van der Waals surface area contributed by atoms with Crippen molar-refractivity contribution >= 4 is 17.3 Å². The van der Waals surface area contributed by atoms with Crippen molar-refractivity contribution in [1.29, 1.82) is 0 Å². The van der Waals surface area contributed by atoms with Crippen molar-refractivity contribution in [2.75, 3.05) is 30.9 Å². The zero-order chi connectivity index (χ0) is 15.9. The van der Waals surface area contributed by atoms with E-state index in [1.807, 2.05) is 74.4 Å². The van der Waals surface area contributed by atoms with Gasteiger partial charge in [0, 0.05) is 32.0 Å². The van der Waals surface area contributed by atoms with Gasteiger partial charge in [0.2, 0.25) is 5.91 Å². The summed E-state index contributed by atoms with van der Waals surface area (Å²) < 4.78 is 0. The molecule has 2 N–H and O–H groups in total. The molecular formula is C18H23N3O. The molecule has 0 saturated heterocycles. The van der Waals surface area contributed by atoms with Crippen molar-refractivity contribution in [3.63, 3.8) is 0 Å². The summed E-state index contributed by atoms with van der Waals surface area (Å²) in [5.74, 6) is -0.0164. The number of amides is 1. The maximum Gasteiger partial charge on any atom is 0.239 e. The summed E-state index contributed by atoms with van der Waals surface area (Å²) in [6, 6.07) is 16.1. The van der Waals surface area contributed by atoms with Gasteiger partial charge in [-0.25, -0.2) is 0 Å². The maximum absolute atomic E-state index is 11.8. The lowest BCUT2D eigenvalue weighted by Crippen LogP contribution is -2.29. The minimum Gasteiger partial charge on any atom is -0.378 e. The summed E-state index contributed by atoms with van der Waals surface area (Å²) in [6.07, 6.45) is 0. The smallest absolute Gasteiger partial charge is 0.239 e. The number of nitrogens with one attached hydrogen (secondary N) is 2. The van der Waals surface area contributed by atoms with E-state index < -0.39 is 0 Å². The number of rotatable bonds is 6. The zero-order valence-electron chi connectivity index (χ0n) is 13.4. The molecule has 0 aliphatic rings. The van der Waals surface area contributed by atoms with E-state index in [-0.39, 0.29) is 12.5 Å². The fourth-order valence-corrected chi connectivity index (χ4v) is 2.03. The highest BCUT2D eigenvalue weighted by molar-refractivity contribution is 5.80. The Balaban J connectivity index is 1.76. The second-order valence-corrected chi connectivity index (χ2v) is 5.56. The number of carbonyl (C=O) groups excluding carboxylic acids is 1. The van der Waals surface area contributed by atoms with Crippen LogP contribution in [0.3, 0.4) is 0 Å². The summed E-state index contributed by atoms with van der Waals surface area (Å²) in [5, 5.41) is 6.03. The van der Waals surface area contributed by atoms with Crippen LogP contribution in [0, 0.1) is 6.92 Å². The summed E-state index contributed by atoms with van der Waals surface area (Å²) in [6.45, 7) is 2.88. The SMILES string of the molecule is Cc1ccc(CNC(=O)CNc2ccc(N(C)C)cc2)cc1. The molecule has 1 amide bonds. The Morgan fingerprint density at radius 3 is 2.23 bits per heavy atom. The molecule has 0 unspecified atom stereocenters. The van der Waals surface area contributed by atoms with Crippen molar-refractivity contribution in [1.82, 2.24) is 5.32 Å². The van der Waals surface area contributed by atoms with Crippen LogP contribution in [0.5, 0.6) is 0 Å². The van der Waals surface area contributed by atoms with E-state index in [9.17, 15) is 4.79 Å². The lowest BCUT2D eigenvalue weighted by Gasteiger charge is -2.13. The van der Waals surface area contributed by atoms with E-state index in [0.29, 0.717) is 6.54 Å². The van der Waals surface area contributed by atoms with Gasteiger partial charge in [0.15, 0.2) is 0 Å². The van der Waals surface area contributed by atoms with E-state index in [2.05, 4.69) is 10.6 Å². The van der Waals surface area contributed by atoms with Crippen molar-refractivity contribution in [2.24, 2.45) is 0 Å². The molecular weight excluding hydrogens is 274 g/mol. The van der Waals surface area contributed by atoms with E-state index in [0.717, 1.165) is 16.9 Å². The van der Waals surface area contributed by atoms with Crippen molar-refractivity contribution in [3.8, 4) is 0 Å². The summed E-state index contributed by atoms with van der Waals surface area (Å²) >= 11 is 0. The lowest BCUT2D eigenvalue weighted by atomic mass is 10.1. The maximum atomic E-state index is 11.8. The zero-order valence-corrected chi connectivity index (χ0v) is 13.4. The lowest BCUT2D eigenvalue weighted by molar-refractivity contribution is -0.119. The van der Waals surface area contributed by atoms with Gasteiger partial charge in [-0.05, 0) is 36.8 Å². The summed E-state index contributed by atoms with van der Waals surface area (Å²) in [4.78, 5) is 13.9. The largest absolute Gasteiger partial charge is 0.378 e. The number of aryl methyl sites for hydroxylation is 1. The molecule has 22 heavy (non-hydrogen) atoms. The van der Waals surface area contributed by atoms with Crippen LogP contribution in [0.15, 0.2) is 48.5 Å². The van der Waals surface area contributed by atoms with Crippen molar-refractivity contribution < 1.29 is 4.79 Å². The Labute approximate surface area is 132 Å². The second-order valence-electron chi connectivity index (χ2n) is 5.56. The first kappa shape index (κ1) is 15.9. The predicted molar refractivity (Wildman–Crippen MR) is 92.3 cm³/mol. The first-order valence-corrected chi connectivity index (χ1v) is 7.38. The van der Waals surface area contributed by atoms with Gasteiger partial charge in [-0.15, -0.1) is 0 Å². The fourth-order valence-electron chi connectivity index (χ4n) is 2.03. The van der Waals surface area contributed by atoms with Crippen LogP contribution in [-0.4, -0.2) is 26.5 Å². The third-order valence-electron chi connectivity index (χ3n) is 3.45. The van der Waals surface area contributed by atoms with Gasteiger partial charge in [0.1, 0.15) is 0 Å². The van der Waals surface area contributed by atoms with Crippen LogP contribution in [0.4, 0.5) is 11.4 Å². The molecule has 2 rings (SSSR count). The molecule has 4 nitrogen and oxygen atoms in total. The average Bonchev–Trinajstić information content (AvgIpc) is 2.52. The Morgan fingerprint density at radius 2 is 1.64 bits per heavy atom. The number of nitrogens with zero attached hydrogens (tertiary/aromatic N) is 1. The van der Waals surface area contributed by atoms with Gasteiger partial charge in [-0.1, -0.05) is 29.8 Å². The number of carbonyl (C=O) groups is 1. The standard InChI is InChI=1S/C18H23N3O/c1-14-4-6-15(7-5-14)12-20-18(22)13-19-16-8-10-17(11-9-16)21(2)3/h4-11,19H,12-13H2,1-3H3,(H,20,22). The fraction of sp³-hybridized carbons (Fsp3) is 0.278. The Kier molecular flexibility index (Phi) is 5.42. The van der Waals surface area contributed by atoms with Crippen LogP contribution in [-0.2, 0) is 11.3 Å². The molecule has 0 aromatic heterocycles. The normalized spacial score (nSPS) is 10.1. The van der Waals surface area contributed by atoms with E-state index in [1.54, 1.807) is 0 Å². The van der Waals surface area contributed by atoms with Crippen molar-refractivity contribution in [3.05, 3.63) is 59.7 Å². The molecule has 0 heterocycles. The minimum atomic E-state index is -0.0164. The van der Waals surface area contributed by atoms with Crippen LogP contribution in [0.1, 0.15) is 11.1 Å². The first-order chi connectivity index (χ1) is 10.5. The molecule has 4 heteroatoms. The van der Waals surface area contributed by atoms with Gasteiger partial charge in [0.25, 0.3) is 0 Å². The Morgan fingerprint density at radius 1 is 1.00 bits per heavy atom. The molecule has 0 atom stereocenters. The van der Waals surface area contributed by atoms with Gasteiger partial charge in [-0.3, -0.25) is 4.79 Å². The van der Waals surface area contributed by atoms with E-state index in [4.69, 9.17) is 0 Å². The molecule has 0 bridgehead atoms. The third kappa shape index (κ3) is 4.81. The number of anilines is 2. The van der Waals surface area contributed by atoms with Crippen LogP contribution < -0.4 is 15.5 Å². The van der Waals surface area contributed by atoms with Gasteiger partial charge in [-0.2, -0.15) is 0 Å². The van der Waals surface area contributed by atoms with E-state index in [1.165, 1.54) is 5.56 Å². The van der Waals surface area contributed by atoms with Crippen LogP contribution >= 0.6 is 0 Å². The summed E-state index contributed by atoms with van der Waals surface area (Å²) in [7, 11) is 4.00. The highest BCUT2D eigenvalue weighted by Crippen LogP contribution is 2.15. The van der Waals surface area contributed by atoms with Gasteiger partial charge in [0.05, 0.1) is 6.54 Å². The van der Waals surface area contributed by atoms with Crippen LogP contribution in [0.25, 0.3) is 0 Å². The monoisotopic (exact) mass is 297 g/mol. The molecule has 0 radical (unpaired) electrons. The molecule has 0 saturated carbocycles. The average molecular weight is 297 g/mol. The third-order valence-corrected chi connectivity index (χ3v) is 3.45. The van der Waals surface area contributed by atoms with E-state index >= 15 is 0 Å². The van der Waals surface area contributed by atoms with Crippen LogP contribution in [0.2, 0.25) is 0 Å². The highest BCUT2D eigenvalue weighted by Gasteiger charge is 2.02. The molecule has 0 spiro atoms. The van der Waals surface area contributed by atoms with Crippen molar-refractivity contribution in [2.45, 2.75) is 13.5 Å². The summed E-state index contributed by atoms with van der Waals surface area (Å²) in [5.41, 5.74) is 4.40. The number of hydrogen-bond acceptors (Lipinski definition) is 3. The topological polar surface area (TPSA) is 44.4 Å². The molecule has 0 aliphatic heterocycles. The number of benzene rings is 2. The number of hydrogen-bond donors (Lipinski definition) is 2. The Hall–Kier alpha value is -2.49. The quantitative estimate of drug-likeness (QED) is 0.862. The highest BCUT2D eigenvalue weighted by atomic mass is 16.1. The second kappa shape index (κ2) is 7.50.